The number of nitrogens with one attached hydrogen (secondary N) is 1. The topological polar surface area (TPSA) is 67.9 Å². The summed E-state index contributed by atoms with van der Waals surface area (Å²) >= 11 is 0. The Hall–Kier alpha value is -1.31. The van der Waals surface area contributed by atoms with Gasteiger partial charge in [0, 0.05) is 36.2 Å². The van der Waals surface area contributed by atoms with Gasteiger partial charge in [0.25, 0.3) is 0 Å². The summed E-state index contributed by atoms with van der Waals surface area (Å²) < 4.78 is 23.5. The molecular weight excluding hydrogens is 376 g/mol. The van der Waals surface area contributed by atoms with Crippen LogP contribution in [-0.4, -0.2) is 60.7 Å². The van der Waals surface area contributed by atoms with Gasteiger partial charge in [0.2, 0.25) is 5.91 Å². The second-order valence-corrected chi connectivity index (χ2v) is 8.06. The number of halogens is 1. The van der Waals surface area contributed by atoms with E-state index in [1.54, 1.807) is 18.2 Å². The van der Waals surface area contributed by atoms with Crippen LogP contribution in [0.5, 0.6) is 11.5 Å². The highest BCUT2D eigenvalue weighted by molar-refractivity contribution is 7.85. The van der Waals surface area contributed by atoms with E-state index in [1.165, 1.54) is 0 Å². The second kappa shape index (κ2) is 10.1. The van der Waals surface area contributed by atoms with Crippen LogP contribution in [0.25, 0.3) is 0 Å². The van der Waals surface area contributed by atoms with Crippen molar-refractivity contribution in [2.24, 2.45) is 5.92 Å². The number of fused-ring (bicyclic) bond motifs is 1. The molecule has 1 unspecified atom stereocenters. The number of ether oxygens (including phenoxy) is 2. The predicted octanol–water partition coefficient (Wildman–Crippen LogP) is 1.84. The fraction of sp³-hybridized carbons (Fsp3) is 0.611. The maximum Gasteiger partial charge on any atom is 0.223 e. The Bertz CT molecular complexity index is 636. The lowest BCUT2D eigenvalue weighted by molar-refractivity contribution is -0.132. The summed E-state index contributed by atoms with van der Waals surface area (Å²) in [6.45, 7) is 3.67. The molecule has 1 fully saturated rings. The number of carbonyl (C=O) groups is 1. The SMILES string of the molecule is CNCC1CCN(C(=O)CCS(=O)c2ccc3c(c2)OCCO3)CC1.Cl. The normalized spacial score (nSPS) is 18.1. The minimum Gasteiger partial charge on any atom is -0.486 e. The molecule has 146 valence electrons. The number of piperidine rings is 1. The van der Waals surface area contributed by atoms with Gasteiger partial charge >= 0.3 is 0 Å². The number of hydrogen-bond acceptors (Lipinski definition) is 5. The average molecular weight is 403 g/mol. The van der Waals surface area contributed by atoms with Crippen molar-refractivity contribution in [1.82, 2.24) is 10.2 Å². The summed E-state index contributed by atoms with van der Waals surface area (Å²) in [5, 5.41) is 3.20. The number of hydrogen-bond donors (Lipinski definition) is 1. The molecule has 1 atom stereocenters. The van der Waals surface area contributed by atoms with Crippen molar-refractivity contribution < 1.29 is 18.5 Å². The molecule has 6 nitrogen and oxygen atoms in total. The van der Waals surface area contributed by atoms with Crippen LogP contribution >= 0.6 is 12.4 Å². The van der Waals surface area contributed by atoms with Gasteiger partial charge in [-0.15, -0.1) is 12.4 Å². The second-order valence-electron chi connectivity index (χ2n) is 6.49. The lowest BCUT2D eigenvalue weighted by Crippen LogP contribution is -2.40. The van der Waals surface area contributed by atoms with Crippen molar-refractivity contribution in [2.75, 3.05) is 45.6 Å². The summed E-state index contributed by atoms with van der Waals surface area (Å²) in [5.74, 6) is 2.42. The molecule has 1 N–H and O–H groups in total. The van der Waals surface area contributed by atoms with E-state index in [0.717, 1.165) is 32.5 Å². The van der Waals surface area contributed by atoms with Gasteiger partial charge in [0.15, 0.2) is 11.5 Å². The highest BCUT2D eigenvalue weighted by Crippen LogP contribution is 2.31. The van der Waals surface area contributed by atoms with Gasteiger partial charge in [0.05, 0.1) is 10.8 Å². The standard InChI is InChI=1S/C18H26N2O4S.ClH/c1-19-13-14-4-7-20(8-5-14)18(21)6-11-25(22)15-2-3-16-17(12-15)24-10-9-23-16;/h2-3,12,14,19H,4-11,13H2,1H3;1H. The van der Waals surface area contributed by atoms with E-state index in [4.69, 9.17) is 9.47 Å². The van der Waals surface area contributed by atoms with E-state index in [9.17, 15) is 9.00 Å². The Morgan fingerprint density at radius 2 is 1.92 bits per heavy atom. The lowest BCUT2D eigenvalue weighted by Gasteiger charge is -2.32. The molecule has 2 heterocycles. The Kier molecular flexibility index (Phi) is 8.18. The molecule has 0 aromatic heterocycles. The smallest absolute Gasteiger partial charge is 0.223 e. The van der Waals surface area contributed by atoms with E-state index in [2.05, 4.69) is 5.32 Å². The van der Waals surface area contributed by atoms with Crippen LogP contribution in [0.15, 0.2) is 23.1 Å². The van der Waals surface area contributed by atoms with E-state index >= 15 is 0 Å². The minimum absolute atomic E-state index is 0. The summed E-state index contributed by atoms with van der Waals surface area (Å²) in [7, 11) is 0.753. The molecule has 1 amide bonds. The molecule has 2 aliphatic heterocycles. The molecule has 0 spiro atoms. The first-order chi connectivity index (χ1) is 12.2. The molecule has 26 heavy (non-hydrogen) atoms. The number of carbonyl (C=O) groups excluding carboxylic acids is 1. The third-order valence-corrected chi connectivity index (χ3v) is 6.09. The first-order valence-corrected chi connectivity index (χ1v) is 10.2. The van der Waals surface area contributed by atoms with Crippen LogP contribution in [0.4, 0.5) is 0 Å². The number of likely N-dealkylation sites (tertiary alicyclic amines) is 1. The van der Waals surface area contributed by atoms with Crippen LogP contribution < -0.4 is 14.8 Å². The predicted molar refractivity (Wildman–Crippen MR) is 104 cm³/mol. The van der Waals surface area contributed by atoms with Gasteiger partial charge in [-0.05, 0) is 44.5 Å². The van der Waals surface area contributed by atoms with Crippen molar-refractivity contribution in [3.63, 3.8) is 0 Å². The Morgan fingerprint density at radius 1 is 1.23 bits per heavy atom. The van der Waals surface area contributed by atoms with Crippen molar-refractivity contribution in [1.29, 1.82) is 0 Å². The van der Waals surface area contributed by atoms with Gasteiger partial charge < -0.3 is 19.7 Å². The van der Waals surface area contributed by atoms with Crippen molar-refractivity contribution in [2.45, 2.75) is 24.2 Å². The van der Waals surface area contributed by atoms with Crippen molar-refractivity contribution in [3.05, 3.63) is 18.2 Å². The summed E-state index contributed by atoms with van der Waals surface area (Å²) in [5.41, 5.74) is 0. The van der Waals surface area contributed by atoms with E-state index in [-0.39, 0.29) is 18.3 Å². The highest BCUT2D eigenvalue weighted by atomic mass is 35.5. The highest BCUT2D eigenvalue weighted by Gasteiger charge is 2.23. The van der Waals surface area contributed by atoms with E-state index in [0.29, 0.717) is 47.7 Å². The van der Waals surface area contributed by atoms with Gasteiger partial charge in [-0.2, -0.15) is 0 Å². The van der Waals surface area contributed by atoms with Gasteiger partial charge in [-0.1, -0.05) is 0 Å². The Morgan fingerprint density at radius 3 is 2.62 bits per heavy atom. The quantitative estimate of drug-likeness (QED) is 0.786. The van der Waals surface area contributed by atoms with Crippen LogP contribution in [0.2, 0.25) is 0 Å². The molecule has 0 radical (unpaired) electrons. The van der Waals surface area contributed by atoms with Gasteiger partial charge in [0.1, 0.15) is 13.2 Å². The monoisotopic (exact) mass is 402 g/mol. The van der Waals surface area contributed by atoms with Crippen molar-refractivity contribution >= 4 is 29.1 Å². The number of benzene rings is 1. The average Bonchev–Trinajstić information content (AvgIpc) is 2.66. The molecule has 1 aromatic carbocycles. The zero-order valence-electron chi connectivity index (χ0n) is 15.1. The van der Waals surface area contributed by atoms with E-state index < -0.39 is 10.8 Å². The molecule has 2 aliphatic rings. The first-order valence-electron chi connectivity index (χ1n) is 8.88. The molecule has 0 saturated carbocycles. The van der Waals surface area contributed by atoms with Gasteiger partial charge in [-0.3, -0.25) is 9.00 Å². The third kappa shape index (κ3) is 5.34. The van der Waals surface area contributed by atoms with Crippen molar-refractivity contribution in [3.8, 4) is 11.5 Å². The Balaban J connectivity index is 0.00000243. The van der Waals surface area contributed by atoms with Crippen LogP contribution in [-0.2, 0) is 15.6 Å². The summed E-state index contributed by atoms with van der Waals surface area (Å²) in [4.78, 5) is 15.0. The van der Waals surface area contributed by atoms with Crippen LogP contribution in [0.3, 0.4) is 0 Å². The molecule has 1 saturated heterocycles. The van der Waals surface area contributed by atoms with Crippen LogP contribution in [0, 0.1) is 5.92 Å². The first kappa shape index (κ1) is 21.0. The molecular formula is C18H27ClN2O4S. The fourth-order valence-electron chi connectivity index (χ4n) is 3.30. The largest absolute Gasteiger partial charge is 0.486 e. The van der Waals surface area contributed by atoms with E-state index in [1.807, 2.05) is 11.9 Å². The lowest BCUT2D eigenvalue weighted by atomic mass is 9.97. The summed E-state index contributed by atoms with van der Waals surface area (Å²) in [6, 6.07) is 5.34. The zero-order valence-corrected chi connectivity index (χ0v) is 16.7. The Labute approximate surface area is 163 Å². The molecule has 3 rings (SSSR count). The van der Waals surface area contributed by atoms with Crippen LogP contribution in [0.1, 0.15) is 19.3 Å². The maximum absolute atomic E-state index is 12.5. The maximum atomic E-state index is 12.5. The molecule has 0 bridgehead atoms. The number of rotatable bonds is 6. The van der Waals surface area contributed by atoms with Gasteiger partial charge in [-0.25, -0.2) is 0 Å². The summed E-state index contributed by atoms with van der Waals surface area (Å²) in [6.07, 6.45) is 2.40. The number of nitrogens with zero attached hydrogens (tertiary/aromatic N) is 1. The third-order valence-electron chi connectivity index (χ3n) is 4.74. The zero-order chi connectivity index (χ0) is 17.6. The molecule has 1 aromatic rings. The number of amides is 1. The minimum atomic E-state index is -1.21. The fourth-order valence-corrected chi connectivity index (χ4v) is 4.35. The molecule has 8 heteroatoms. The molecule has 0 aliphatic carbocycles.